The van der Waals surface area contributed by atoms with Gasteiger partial charge in [-0.15, -0.1) is 0 Å². The highest BCUT2D eigenvalue weighted by Gasteiger charge is 2.42. The van der Waals surface area contributed by atoms with E-state index in [4.69, 9.17) is 5.73 Å². The van der Waals surface area contributed by atoms with Crippen molar-refractivity contribution in [2.24, 2.45) is 23.5 Å². The molecule has 1 amide bonds. The molecular formula is C19H33N3O. The van der Waals surface area contributed by atoms with E-state index in [1.807, 2.05) is 0 Å². The number of hydrogen-bond acceptors (Lipinski definition) is 3. The van der Waals surface area contributed by atoms with Gasteiger partial charge in [0.15, 0.2) is 0 Å². The lowest BCUT2D eigenvalue weighted by atomic mass is 9.65. The summed E-state index contributed by atoms with van der Waals surface area (Å²) in [6, 6.07) is 1.11. The molecule has 4 nitrogen and oxygen atoms in total. The lowest BCUT2D eigenvalue weighted by molar-refractivity contribution is -0.140. The van der Waals surface area contributed by atoms with Crippen LogP contribution in [0.15, 0.2) is 0 Å². The number of nitrogens with two attached hydrogens (primary N) is 1. The highest BCUT2D eigenvalue weighted by molar-refractivity contribution is 5.79. The van der Waals surface area contributed by atoms with E-state index in [-0.39, 0.29) is 5.92 Å². The van der Waals surface area contributed by atoms with Crippen LogP contribution in [0.4, 0.5) is 0 Å². The van der Waals surface area contributed by atoms with Gasteiger partial charge in [-0.25, -0.2) is 0 Å². The van der Waals surface area contributed by atoms with Gasteiger partial charge in [0, 0.05) is 31.1 Å². The molecule has 4 fully saturated rings. The number of hydrogen-bond donors (Lipinski definition) is 1. The molecule has 2 saturated carbocycles. The molecule has 2 heterocycles. The Morgan fingerprint density at radius 1 is 0.826 bits per heavy atom. The monoisotopic (exact) mass is 319 g/mol. The van der Waals surface area contributed by atoms with E-state index in [1.165, 1.54) is 58.0 Å². The first-order valence-electron chi connectivity index (χ1n) is 10.0. The highest BCUT2D eigenvalue weighted by Crippen LogP contribution is 2.42. The minimum absolute atomic E-state index is 0.272. The summed E-state index contributed by atoms with van der Waals surface area (Å²) in [6.45, 7) is 4.53. The summed E-state index contributed by atoms with van der Waals surface area (Å²) < 4.78 is 0. The average Bonchev–Trinajstić information content (AvgIpc) is 3.08. The normalized spacial score (nSPS) is 39.6. The molecule has 130 valence electrons. The number of likely N-dealkylation sites (tertiary alicyclic amines) is 2. The summed E-state index contributed by atoms with van der Waals surface area (Å²) in [7, 11) is 0. The number of rotatable bonds is 2. The second-order valence-corrected chi connectivity index (χ2v) is 8.50. The van der Waals surface area contributed by atoms with Crippen molar-refractivity contribution in [1.29, 1.82) is 0 Å². The van der Waals surface area contributed by atoms with Gasteiger partial charge in [0.25, 0.3) is 0 Å². The van der Waals surface area contributed by atoms with Crippen LogP contribution in [0.1, 0.15) is 57.8 Å². The minimum Gasteiger partial charge on any atom is -0.342 e. The van der Waals surface area contributed by atoms with Crippen LogP contribution in [0.2, 0.25) is 0 Å². The van der Waals surface area contributed by atoms with E-state index < -0.39 is 0 Å². The van der Waals surface area contributed by atoms with E-state index in [0.29, 0.717) is 23.8 Å². The topological polar surface area (TPSA) is 49.6 Å². The van der Waals surface area contributed by atoms with Crippen LogP contribution in [0.3, 0.4) is 0 Å². The zero-order valence-corrected chi connectivity index (χ0v) is 14.5. The first-order chi connectivity index (χ1) is 11.2. The zero-order valence-electron chi connectivity index (χ0n) is 14.5. The van der Waals surface area contributed by atoms with Crippen LogP contribution in [0.25, 0.3) is 0 Å². The maximum absolute atomic E-state index is 13.0. The fourth-order valence-corrected chi connectivity index (χ4v) is 5.81. The van der Waals surface area contributed by atoms with Gasteiger partial charge in [0.1, 0.15) is 0 Å². The average molecular weight is 319 g/mol. The van der Waals surface area contributed by atoms with Crippen molar-refractivity contribution in [3.8, 4) is 0 Å². The third kappa shape index (κ3) is 3.17. The molecule has 4 heteroatoms. The smallest absolute Gasteiger partial charge is 0.225 e. The molecule has 0 spiro atoms. The maximum Gasteiger partial charge on any atom is 0.225 e. The standard InChI is InChI=1S/C19H33N3O/c20-18-14-4-3-5-15(18)13-16(12-14)19(23)22-10-6-17(7-11-22)21-8-1-2-9-21/h14-18H,1-13,20H2. The van der Waals surface area contributed by atoms with Crippen LogP contribution >= 0.6 is 0 Å². The Morgan fingerprint density at radius 3 is 2.04 bits per heavy atom. The van der Waals surface area contributed by atoms with E-state index in [2.05, 4.69) is 9.80 Å². The number of nitrogens with zero attached hydrogens (tertiary/aromatic N) is 2. The molecule has 2 atom stereocenters. The summed E-state index contributed by atoms with van der Waals surface area (Å²) >= 11 is 0. The van der Waals surface area contributed by atoms with Crippen molar-refractivity contribution in [3.63, 3.8) is 0 Å². The van der Waals surface area contributed by atoms with E-state index in [1.54, 1.807) is 0 Å². The third-order valence-corrected chi connectivity index (χ3v) is 7.20. The molecule has 2 aliphatic carbocycles. The summed E-state index contributed by atoms with van der Waals surface area (Å²) in [6.07, 6.45) is 11.0. The third-order valence-electron chi connectivity index (χ3n) is 7.20. The molecule has 2 saturated heterocycles. The van der Waals surface area contributed by atoms with Gasteiger partial charge in [-0.2, -0.15) is 0 Å². The second-order valence-electron chi connectivity index (χ2n) is 8.50. The number of piperidine rings is 1. The molecule has 2 bridgehead atoms. The van der Waals surface area contributed by atoms with Gasteiger partial charge in [-0.05, 0) is 76.3 Å². The van der Waals surface area contributed by atoms with Gasteiger partial charge in [-0.1, -0.05) is 6.42 Å². The van der Waals surface area contributed by atoms with Gasteiger partial charge >= 0.3 is 0 Å². The molecule has 23 heavy (non-hydrogen) atoms. The summed E-state index contributed by atoms with van der Waals surface area (Å²) in [4.78, 5) is 17.8. The van der Waals surface area contributed by atoms with Gasteiger partial charge in [0.05, 0.1) is 0 Å². The highest BCUT2D eigenvalue weighted by atomic mass is 16.2. The minimum atomic E-state index is 0.272. The number of carbonyl (C=O) groups is 1. The predicted molar refractivity (Wildman–Crippen MR) is 91.9 cm³/mol. The van der Waals surface area contributed by atoms with E-state index in [9.17, 15) is 4.79 Å². The summed E-state index contributed by atoms with van der Waals surface area (Å²) in [5.41, 5.74) is 6.38. The molecule has 0 aromatic carbocycles. The zero-order chi connectivity index (χ0) is 15.8. The van der Waals surface area contributed by atoms with Crippen LogP contribution in [-0.4, -0.2) is 54.0 Å². The van der Waals surface area contributed by atoms with Crippen LogP contribution < -0.4 is 5.73 Å². The Labute approximate surface area is 140 Å². The van der Waals surface area contributed by atoms with Gasteiger partial charge in [-0.3, -0.25) is 4.79 Å². The fourth-order valence-electron chi connectivity index (χ4n) is 5.81. The van der Waals surface area contributed by atoms with Crippen molar-refractivity contribution >= 4 is 5.91 Å². The van der Waals surface area contributed by atoms with Crippen molar-refractivity contribution in [2.45, 2.75) is 69.9 Å². The lowest BCUT2D eigenvalue weighted by Gasteiger charge is -2.45. The van der Waals surface area contributed by atoms with Gasteiger partial charge in [0.2, 0.25) is 5.91 Å². The number of fused-ring (bicyclic) bond motifs is 2. The molecule has 2 aliphatic heterocycles. The van der Waals surface area contributed by atoms with Gasteiger partial charge < -0.3 is 15.5 Å². The largest absolute Gasteiger partial charge is 0.342 e. The Balaban J connectivity index is 1.31. The van der Waals surface area contributed by atoms with Crippen molar-refractivity contribution in [1.82, 2.24) is 9.80 Å². The molecule has 2 unspecified atom stereocenters. The predicted octanol–water partition coefficient (Wildman–Crippen LogP) is 2.23. The van der Waals surface area contributed by atoms with Crippen LogP contribution in [0.5, 0.6) is 0 Å². The Bertz CT molecular complexity index is 412. The first-order valence-corrected chi connectivity index (χ1v) is 10.0. The summed E-state index contributed by atoms with van der Waals surface area (Å²) in [5, 5.41) is 0. The van der Waals surface area contributed by atoms with E-state index >= 15 is 0 Å². The Kier molecular flexibility index (Phi) is 4.64. The molecule has 2 N–H and O–H groups in total. The molecule has 0 aromatic rings. The fraction of sp³-hybridized carbons (Fsp3) is 0.947. The molecule has 4 rings (SSSR count). The molecular weight excluding hydrogens is 286 g/mol. The van der Waals surface area contributed by atoms with Crippen LogP contribution in [0, 0.1) is 17.8 Å². The van der Waals surface area contributed by atoms with Crippen molar-refractivity contribution in [3.05, 3.63) is 0 Å². The van der Waals surface area contributed by atoms with Crippen molar-refractivity contribution in [2.75, 3.05) is 26.2 Å². The molecule has 0 aromatic heterocycles. The maximum atomic E-state index is 13.0. The quantitative estimate of drug-likeness (QED) is 0.849. The second kappa shape index (κ2) is 6.72. The van der Waals surface area contributed by atoms with Crippen LogP contribution in [-0.2, 0) is 4.79 Å². The summed E-state index contributed by atoms with van der Waals surface area (Å²) in [5.74, 6) is 1.94. The Morgan fingerprint density at radius 2 is 1.43 bits per heavy atom. The molecule has 4 aliphatic rings. The number of carbonyl (C=O) groups excluding carboxylic acids is 1. The number of amides is 1. The van der Waals surface area contributed by atoms with E-state index in [0.717, 1.165) is 32.0 Å². The van der Waals surface area contributed by atoms with Crippen molar-refractivity contribution < 1.29 is 4.79 Å². The Hall–Kier alpha value is -0.610. The SMILES string of the molecule is NC1C2CCCC1CC(C(=O)N1CCC(N3CCCC3)CC1)C2. The lowest BCUT2D eigenvalue weighted by Crippen LogP contribution is -2.52. The molecule has 0 radical (unpaired) electrons. The first kappa shape index (κ1) is 15.9.